The SMILES string of the molecule is CC(C)(O)c1cnc(OCC(C=Nc2ccc(F)c(OC(F)F)c2)=NN)nc1. The minimum atomic E-state index is -3.16. The molecule has 0 unspecified atom stereocenters. The van der Waals surface area contributed by atoms with Crippen molar-refractivity contribution in [1.82, 2.24) is 9.97 Å². The molecule has 3 N–H and O–H groups in total. The molecular formula is C17H18F3N5O3. The highest BCUT2D eigenvalue weighted by Crippen LogP contribution is 2.25. The number of aromatic nitrogens is 2. The van der Waals surface area contributed by atoms with Gasteiger partial charge >= 0.3 is 12.6 Å². The molecule has 0 aliphatic carbocycles. The van der Waals surface area contributed by atoms with E-state index in [1.807, 2.05) is 0 Å². The number of aliphatic hydroxyl groups is 1. The molecule has 0 aliphatic heterocycles. The lowest BCUT2D eigenvalue weighted by atomic mass is 10.0. The fraction of sp³-hybridized carbons (Fsp3) is 0.294. The van der Waals surface area contributed by atoms with E-state index in [0.29, 0.717) is 5.56 Å². The summed E-state index contributed by atoms with van der Waals surface area (Å²) in [6, 6.07) is 3.23. The molecule has 28 heavy (non-hydrogen) atoms. The summed E-state index contributed by atoms with van der Waals surface area (Å²) in [5, 5.41) is 13.3. The van der Waals surface area contributed by atoms with Crippen molar-refractivity contribution in [3.63, 3.8) is 0 Å². The highest BCUT2D eigenvalue weighted by molar-refractivity contribution is 6.31. The molecule has 1 aromatic heterocycles. The summed E-state index contributed by atoms with van der Waals surface area (Å²) in [6.45, 7) is -0.112. The summed E-state index contributed by atoms with van der Waals surface area (Å²) < 4.78 is 47.3. The van der Waals surface area contributed by atoms with Gasteiger partial charge in [0.15, 0.2) is 11.6 Å². The van der Waals surface area contributed by atoms with Gasteiger partial charge in [-0.1, -0.05) is 0 Å². The van der Waals surface area contributed by atoms with E-state index in [4.69, 9.17) is 10.6 Å². The fourth-order valence-electron chi connectivity index (χ4n) is 1.86. The van der Waals surface area contributed by atoms with Crippen LogP contribution in [0.1, 0.15) is 19.4 Å². The van der Waals surface area contributed by atoms with E-state index in [9.17, 15) is 18.3 Å². The van der Waals surface area contributed by atoms with Crippen molar-refractivity contribution >= 4 is 17.6 Å². The molecule has 2 aromatic rings. The van der Waals surface area contributed by atoms with Crippen LogP contribution in [0.15, 0.2) is 40.7 Å². The monoisotopic (exact) mass is 397 g/mol. The molecule has 0 bridgehead atoms. The van der Waals surface area contributed by atoms with E-state index >= 15 is 0 Å². The number of nitrogens with zero attached hydrogens (tertiary/aromatic N) is 4. The molecule has 11 heteroatoms. The van der Waals surface area contributed by atoms with E-state index in [0.717, 1.165) is 12.1 Å². The quantitative estimate of drug-likeness (QED) is 0.402. The second-order valence-electron chi connectivity index (χ2n) is 5.97. The highest BCUT2D eigenvalue weighted by Gasteiger charge is 2.17. The van der Waals surface area contributed by atoms with Crippen LogP contribution in [0.4, 0.5) is 18.9 Å². The predicted octanol–water partition coefficient (Wildman–Crippen LogP) is 2.54. The van der Waals surface area contributed by atoms with Crippen LogP contribution in [0, 0.1) is 5.82 Å². The topological polar surface area (TPSA) is 115 Å². The van der Waals surface area contributed by atoms with Crippen LogP contribution in [0.2, 0.25) is 0 Å². The highest BCUT2D eigenvalue weighted by atomic mass is 19.3. The number of benzene rings is 1. The second-order valence-corrected chi connectivity index (χ2v) is 5.97. The smallest absolute Gasteiger partial charge is 0.387 e. The first-order valence-electron chi connectivity index (χ1n) is 7.92. The fourth-order valence-corrected chi connectivity index (χ4v) is 1.86. The van der Waals surface area contributed by atoms with Gasteiger partial charge in [-0.05, 0) is 26.0 Å². The van der Waals surface area contributed by atoms with Crippen LogP contribution in [0.25, 0.3) is 0 Å². The second kappa shape index (κ2) is 9.13. The molecule has 0 amide bonds. The molecule has 0 spiro atoms. The lowest BCUT2D eigenvalue weighted by Gasteiger charge is -2.16. The Morgan fingerprint density at radius 2 is 2.00 bits per heavy atom. The number of rotatable bonds is 8. The molecule has 0 fully saturated rings. The molecule has 0 radical (unpaired) electrons. The summed E-state index contributed by atoms with van der Waals surface area (Å²) in [4.78, 5) is 11.9. The van der Waals surface area contributed by atoms with Crippen molar-refractivity contribution in [2.45, 2.75) is 26.1 Å². The number of hydrazone groups is 1. The zero-order valence-electron chi connectivity index (χ0n) is 15.0. The minimum absolute atomic E-state index is 0.0250. The largest absolute Gasteiger partial charge is 0.457 e. The van der Waals surface area contributed by atoms with Crippen molar-refractivity contribution < 1.29 is 27.8 Å². The zero-order chi connectivity index (χ0) is 20.7. The van der Waals surface area contributed by atoms with Crippen LogP contribution >= 0.6 is 0 Å². The molecule has 0 saturated heterocycles. The van der Waals surface area contributed by atoms with E-state index in [2.05, 4.69) is 24.8 Å². The lowest BCUT2D eigenvalue weighted by Crippen LogP contribution is -2.18. The maximum absolute atomic E-state index is 13.4. The summed E-state index contributed by atoms with van der Waals surface area (Å²) >= 11 is 0. The Balaban J connectivity index is 2.01. The van der Waals surface area contributed by atoms with Gasteiger partial charge in [0.05, 0.1) is 17.5 Å². The number of aliphatic imine (C=N–C) groups is 1. The van der Waals surface area contributed by atoms with Gasteiger partial charge in [0.25, 0.3) is 0 Å². The minimum Gasteiger partial charge on any atom is -0.457 e. The van der Waals surface area contributed by atoms with Crippen molar-refractivity contribution in [3.8, 4) is 11.8 Å². The van der Waals surface area contributed by atoms with Gasteiger partial charge in [-0.3, -0.25) is 4.99 Å². The van der Waals surface area contributed by atoms with E-state index in [1.165, 1.54) is 24.7 Å². The third kappa shape index (κ3) is 6.20. The first kappa shape index (κ1) is 21.1. The van der Waals surface area contributed by atoms with Crippen molar-refractivity contribution in [2.75, 3.05) is 6.61 Å². The summed E-state index contributed by atoms with van der Waals surface area (Å²) in [7, 11) is 0. The number of nitrogens with two attached hydrogens (primary N) is 1. The Bertz CT molecular complexity index is 852. The van der Waals surface area contributed by atoms with Crippen LogP contribution < -0.4 is 15.3 Å². The zero-order valence-corrected chi connectivity index (χ0v) is 15.0. The van der Waals surface area contributed by atoms with Gasteiger partial charge in [0.1, 0.15) is 12.3 Å². The molecule has 0 saturated carbocycles. The Kier molecular flexibility index (Phi) is 6.88. The molecule has 8 nitrogen and oxygen atoms in total. The van der Waals surface area contributed by atoms with Gasteiger partial charge in [0, 0.05) is 24.0 Å². The number of hydrogen-bond donors (Lipinski definition) is 2. The van der Waals surface area contributed by atoms with Gasteiger partial charge in [-0.25, -0.2) is 14.4 Å². The lowest BCUT2D eigenvalue weighted by molar-refractivity contribution is -0.0521. The van der Waals surface area contributed by atoms with Crippen LogP contribution in [-0.2, 0) is 5.60 Å². The Morgan fingerprint density at radius 3 is 2.57 bits per heavy atom. The normalized spacial score (nSPS) is 12.6. The van der Waals surface area contributed by atoms with Crippen molar-refractivity contribution in [3.05, 3.63) is 42.0 Å². The molecule has 150 valence electrons. The molecule has 0 atom stereocenters. The number of halogens is 3. The molecule has 1 aromatic carbocycles. The summed E-state index contributed by atoms with van der Waals surface area (Å²) in [5.41, 5.74) is -0.260. The first-order valence-corrected chi connectivity index (χ1v) is 7.92. The third-order valence-corrected chi connectivity index (χ3v) is 3.34. The van der Waals surface area contributed by atoms with E-state index in [-0.39, 0.29) is 24.0 Å². The Hall–Kier alpha value is -3.21. The third-order valence-electron chi connectivity index (χ3n) is 3.34. The average Bonchev–Trinajstić information content (AvgIpc) is 2.63. The average molecular weight is 397 g/mol. The standard InChI is InChI=1S/C17H18F3N5O3/c1-17(2,26)10-6-23-16(24-7-10)27-9-12(25-21)8-22-11-3-4-13(18)14(5-11)28-15(19)20/h3-8,15,26H,9,21H2,1-2H3. The predicted molar refractivity (Wildman–Crippen MR) is 95.6 cm³/mol. The van der Waals surface area contributed by atoms with Gasteiger partial charge < -0.3 is 20.4 Å². The molecular weight excluding hydrogens is 379 g/mol. The number of alkyl halides is 2. The van der Waals surface area contributed by atoms with Crippen molar-refractivity contribution in [1.29, 1.82) is 0 Å². The maximum atomic E-state index is 13.4. The maximum Gasteiger partial charge on any atom is 0.387 e. The first-order chi connectivity index (χ1) is 13.2. The van der Waals surface area contributed by atoms with E-state index in [1.54, 1.807) is 13.8 Å². The van der Waals surface area contributed by atoms with Crippen LogP contribution in [-0.4, -0.2) is 40.2 Å². The number of hydrogen-bond acceptors (Lipinski definition) is 8. The van der Waals surface area contributed by atoms with Crippen LogP contribution in [0.5, 0.6) is 11.8 Å². The Morgan fingerprint density at radius 1 is 1.32 bits per heavy atom. The summed E-state index contributed by atoms with van der Waals surface area (Å²) in [6.07, 6.45) is 4.04. The molecule has 1 heterocycles. The number of ether oxygens (including phenoxy) is 2. The molecule has 0 aliphatic rings. The van der Waals surface area contributed by atoms with E-state index < -0.39 is 23.8 Å². The van der Waals surface area contributed by atoms with Gasteiger partial charge in [0.2, 0.25) is 0 Å². The van der Waals surface area contributed by atoms with Crippen molar-refractivity contribution in [2.24, 2.45) is 15.9 Å². The molecule has 2 rings (SSSR count). The summed E-state index contributed by atoms with van der Waals surface area (Å²) in [5.74, 6) is 3.69. The van der Waals surface area contributed by atoms with Gasteiger partial charge in [-0.2, -0.15) is 13.9 Å². The Labute approximate surface area is 158 Å². The van der Waals surface area contributed by atoms with Crippen LogP contribution in [0.3, 0.4) is 0 Å². The van der Waals surface area contributed by atoms with Gasteiger partial charge in [-0.15, -0.1) is 0 Å².